The van der Waals surface area contributed by atoms with Gasteiger partial charge in [-0.25, -0.2) is 4.79 Å². The summed E-state index contributed by atoms with van der Waals surface area (Å²) in [5.41, 5.74) is 0.608. The monoisotopic (exact) mass is 432 g/mol. The Morgan fingerprint density at radius 1 is 1.13 bits per heavy atom. The third kappa shape index (κ3) is 4.16. The summed E-state index contributed by atoms with van der Waals surface area (Å²) < 4.78 is 7.47. The number of carbonyl (C=O) groups excluding carboxylic acids is 2. The zero-order valence-corrected chi connectivity index (χ0v) is 18.5. The highest BCUT2D eigenvalue weighted by atomic mass is 35.5. The Morgan fingerprint density at radius 3 is 2.37 bits per heavy atom. The first kappa shape index (κ1) is 22.5. The summed E-state index contributed by atoms with van der Waals surface area (Å²) in [6, 6.07) is 9.74. The predicted molar refractivity (Wildman–Crippen MR) is 118 cm³/mol. The summed E-state index contributed by atoms with van der Waals surface area (Å²) >= 11 is 0. The van der Waals surface area contributed by atoms with E-state index >= 15 is 0 Å². The Hall–Kier alpha value is -2.18. The van der Waals surface area contributed by atoms with Gasteiger partial charge in [0.15, 0.2) is 0 Å². The number of halogens is 1. The molecule has 2 aliphatic rings. The fraction of sp³-hybridized carbons (Fsp3) is 0.522. The van der Waals surface area contributed by atoms with Gasteiger partial charge in [-0.05, 0) is 51.1 Å². The maximum absolute atomic E-state index is 13.0. The quantitative estimate of drug-likeness (QED) is 0.673. The first-order valence-electron chi connectivity index (χ1n) is 10.5. The Bertz CT molecular complexity index is 1000. The molecule has 30 heavy (non-hydrogen) atoms. The molecule has 6 nitrogen and oxygen atoms in total. The summed E-state index contributed by atoms with van der Waals surface area (Å²) in [6.45, 7) is 5.96. The Labute approximate surface area is 182 Å². The number of aromatic nitrogens is 1. The van der Waals surface area contributed by atoms with Crippen LogP contribution in [-0.2, 0) is 9.53 Å². The Kier molecular flexibility index (Phi) is 6.68. The van der Waals surface area contributed by atoms with Gasteiger partial charge in [0, 0.05) is 31.0 Å². The smallest absolute Gasteiger partial charge is 0.344 e. The molecule has 2 fully saturated rings. The number of piperidine rings is 1. The van der Waals surface area contributed by atoms with Gasteiger partial charge in [-0.15, -0.1) is 12.4 Å². The van der Waals surface area contributed by atoms with Gasteiger partial charge >= 0.3 is 5.97 Å². The number of ketones is 1. The number of fused-ring (bicyclic) bond motifs is 3. The van der Waals surface area contributed by atoms with Crippen LogP contribution in [0.5, 0.6) is 0 Å². The molecule has 1 aromatic carbocycles. The van der Waals surface area contributed by atoms with E-state index in [1.165, 1.54) is 0 Å². The van der Waals surface area contributed by atoms with E-state index in [4.69, 9.17) is 4.74 Å². The van der Waals surface area contributed by atoms with Crippen LogP contribution < -0.4 is 5.56 Å². The minimum Gasteiger partial charge on any atom is -0.459 e. The second kappa shape index (κ2) is 8.90. The number of hydrogen-bond acceptors (Lipinski definition) is 5. The molecule has 0 aliphatic carbocycles. The van der Waals surface area contributed by atoms with E-state index in [1.807, 2.05) is 38.1 Å². The Balaban J connectivity index is 0.00000256. The van der Waals surface area contributed by atoms with Crippen LogP contribution in [0.25, 0.3) is 10.9 Å². The molecule has 2 aliphatic heterocycles. The highest BCUT2D eigenvalue weighted by Gasteiger charge is 2.42. The molecule has 162 valence electrons. The average Bonchev–Trinajstić information content (AvgIpc) is 2.88. The standard InChI is InChI=1S/C23H28N2O4.ClH/c1-14(2)25-21-7-5-4-6-16(21)10-20(22(25)27)23(28)29-19-11-17-8-9-18(12-19)24(17)13-15(3)26;/h4-7,10,14,17-19H,8-9,11-13H2,1-3H3;1H/t17-,18+,19+;. The van der Waals surface area contributed by atoms with Gasteiger partial charge in [-0.3, -0.25) is 14.5 Å². The fourth-order valence-corrected chi connectivity index (χ4v) is 4.99. The third-order valence-corrected chi connectivity index (χ3v) is 6.20. The van der Waals surface area contributed by atoms with E-state index in [9.17, 15) is 14.4 Å². The molecule has 0 spiro atoms. The summed E-state index contributed by atoms with van der Waals surface area (Å²) in [4.78, 5) is 39.8. The van der Waals surface area contributed by atoms with Crippen LogP contribution in [0.15, 0.2) is 35.1 Å². The predicted octanol–water partition coefficient (Wildman–Crippen LogP) is 3.75. The molecule has 3 heterocycles. The van der Waals surface area contributed by atoms with Gasteiger partial charge < -0.3 is 9.30 Å². The number of rotatable bonds is 5. The third-order valence-electron chi connectivity index (χ3n) is 6.20. The molecule has 0 radical (unpaired) electrons. The lowest BCUT2D eigenvalue weighted by atomic mass is 9.99. The van der Waals surface area contributed by atoms with Gasteiger partial charge in [-0.2, -0.15) is 0 Å². The fourth-order valence-electron chi connectivity index (χ4n) is 4.99. The molecule has 2 saturated heterocycles. The lowest BCUT2D eigenvalue weighted by Crippen LogP contribution is -2.47. The molecule has 0 unspecified atom stereocenters. The zero-order chi connectivity index (χ0) is 20.7. The van der Waals surface area contributed by atoms with E-state index < -0.39 is 5.97 Å². The first-order chi connectivity index (χ1) is 13.8. The second-order valence-corrected chi connectivity index (χ2v) is 8.64. The molecule has 0 N–H and O–H groups in total. The second-order valence-electron chi connectivity index (χ2n) is 8.64. The lowest BCUT2D eigenvalue weighted by Gasteiger charge is -2.37. The number of nitrogens with zero attached hydrogens (tertiary/aromatic N) is 2. The minimum absolute atomic E-state index is 0. The number of benzene rings is 1. The van der Waals surface area contributed by atoms with Crippen molar-refractivity contribution in [3.8, 4) is 0 Å². The van der Waals surface area contributed by atoms with Crippen molar-refractivity contribution in [2.45, 2.75) is 70.7 Å². The largest absolute Gasteiger partial charge is 0.459 e. The van der Waals surface area contributed by atoms with E-state index in [-0.39, 0.29) is 53.5 Å². The molecule has 0 saturated carbocycles. The van der Waals surface area contributed by atoms with Gasteiger partial charge in [0.05, 0.1) is 12.1 Å². The number of para-hydroxylation sites is 1. The van der Waals surface area contributed by atoms with Crippen molar-refractivity contribution in [2.75, 3.05) is 6.54 Å². The van der Waals surface area contributed by atoms with Crippen molar-refractivity contribution < 1.29 is 14.3 Å². The van der Waals surface area contributed by atoms with Crippen LogP contribution >= 0.6 is 12.4 Å². The number of pyridine rings is 1. The van der Waals surface area contributed by atoms with Crippen molar-refractivity contribution in [3.63, 3.8) is 0 Å². The van der Waals surface area contributed by atoms with E-state index in [0.717, 1.165) is 36.6 Å². The lowest BCUT2D eigenvalue weighted by molar-refractivity contribution is -0.120. The SMILES string of the molecule is CC(=O)CN1[C@@H]2CC[C@H]1C[C@@H](OC(=O)c1cc3ccccc3n(C(C)C)c1=O)C2.Cl. The highest BCUT2D eigenvalue weighted by Crippen LogP contribution is 2.37. The molecule has 0 amide bonds. The molecule has 7 heteroatoms. The van der Waals surface area contributed by atoms with Crippen LogP contribution in [0.1, 0.15) is 62.9 Å². The van der Waals surface area contributed by atoms with E-state index in [2.05, 4.69) is 4.90 Å². The summed E-state index contributed by atoms with van der Waals surface area (Å²) in [6.07, 6.45) is 3.30. The molecule has 3 atom stereocenters. The van der Waals surface area contributed by atoms with Crippen LogP contribution in [0.3, 0.4) is 0 Å². The summed E-state index contributed by atoms with van der Waals surface area (Å²) in [5.74, 6) is -0.373. The van der Waals surface area contributed by atoms with Crippen molar-refractivity contribution in [1.82, 2.24) is 9.47 Å². The number of carbonyl (C=O) groups is 2. The normalized spacial score (nSPS) is 23.4. The van der Waals surface area contributed by atoms with Crippen molar-refractivity contribution in [1.29, 1.82) is 0 Å². The van der Waals surface area contributed by atoms with Crippen molar-refractivity contribution in [3.05, 3.63) is 46.2 Å². The summed E-state index contributed by atoms with van der Waals surface area (Å²) in [7, 11) is 0. The van der Waals surface area contributed by atoms with Crippen molar-refractivity contribution in [2.24, 2.45) is 0 Å². The maximum Gasteiger partial charge on any atom is 0.344 e. The molecule has 1 aromatic heterocycles. The van der Waals surface area contributed by atoms with Crippen LogP contribution in [0.4, 0.5) is 0 Å². The van der Waals surface area contributed by atoms with Crippen LogP contribution in [0, 0.1) is 0 Å². The van der Waals surface area contributed by atoms with Crippen LogP contribution in [-0.4, -0.2) is 46.0 Å². The number of Topliss-reactive ketones (excluding diaryl/α,β-unsaturated/α-hetero) is 1. The molecule has 2 aromatic rings. The van der Waals surface area contributed by atoms with Gasteiger partial charge in [-0.1, -0.05) is 18.2 Å². The topological polar surface area (TPSA) is 68.6 Å². The molecular weight excluding hydrogens is 404 g/mol. The minimum atomic E-state index is -0.542. The molecular formula is C23H29ClN2O4. The van der Waals surface area contributed by atoms with E-state index in [1.54, 1.807) is 17.6 Å². The Morgan fingerprint density at radius 2 is 1.77 bits per heavy atom. The number of esters is 1. The molecule has 2 bridgehead atoms. The van der Waals surface area contributed by atoms with E-state index in [0.29, 0.717) is 6.54 Å². The number of ether oxygens (including phenoxy) is 1. The zero-order valence-electron chi connectivity index (χ0n) is 17.7. The summed E-state index contributed by atoms with van der Waals surface area (Å²) in [5, 5.41) is 0.851. The number of hydrogen-bond donors (Lipinski definition) is 0. The molecule has 4 rings (SSSR count). The van der Waals surface area contributed by atoms with Gasteiger partial charge in [0.25, 0.3) is 5.56 Å². The first-order valence-corrected chi connectivity index (χ1v) is 10.5. The van der Waals surface area contributed by atoms with Crippen molar-refractivity contribution >= 4 is 35.1 Å². The average molecular weight is 433 g/mol. The van der Waals surface area contributed by atoms with Gasteiger partial charge in [0.1, 0.15) is 17.5 Å². The van der Waals surface area contributed by atoms with Crippen LogP contribution in [0.2, 0.25) is 0 Å². The highest BCUT2D eigenvalue weighted by molar-refractivity contribution is 5.94. The maximum atomic E-state index is 13.0. The van der Waals surface area contributed by atoms with Gasteiger partial charge in [0.2, 0.25) is 0 Å².